The molecule has 1 aromatic heterocycles. The molecular formula is C45H53IrN2O2-. The predicted octanol–water partition coefficient (Wildman–Crippen LogP) is 12.3. The summed E-state index contributed by atoms with van der Waals surface area (Å²) >= 11 is 0. The average Bonchev–Trinajstić information content (AvgIpc) is 3.36. The molecule has 0 spiro atoms. The van der Waals surface area contributed by atoms with E-state index in [4.69, 9.17) is 9.97 Å². The van der Waals surface area contributed by atoms with E-state index in [1.165, 1.54) is 49.9 Å². The first-order chi connectivity index (χ1) is 23.3. The number of ketones is 1. The fourth-order valence-corrected chi connectivity index (χ4v) is 7.15. The molecule has 1 N–H and O–H groups in total. The second-order valence-electron chi connectivity index (χ2n) is 15.0. The van der Waals surface area contributed by atoms with Crippen molar-refractivity contribution in [3.8, 4) is 22.5 Å². The number of hydrogen-bond donors (Lipinski definition) is 1. The standard InChI is InChI=1S/C30H25N2.C15H28O2.Ir/c1-18(2)20-14-15-24(23-12-8-7-11-22(20)23)28-27-29(32-17-31-28)26-21-10-6-5-9-19(21)13-16-25(26)30(27,3)4;1-7-14(5,8-2)12(16)11-13(17)15(6,9-3)10-4;/h5-14,16-18H,1-4H3;11,16H,7-10H2,1-6H3;/q-1;;/b;12-11-;. The molecule has 1 heterocycles. The van der Waals surface area contributed by atoms with Crippen molar-refractivity contribution in [2.45, 2.75) is 106 Å². The van der Waals surface area contributed by atoms with Crippen LogP contribution in [0.3, 0.4) is 0 Å². The van der Waals surface area contributed by atoms with E-state index in [0.29, 0.717) is 5.92 Å². The molecule has 0 aliphatic heterocycles. The monoisotopic (exact) mass is 846 g/mol. The summed E-state index contributed by atoms with van der Waals surface area (Å²) in [5, 5.41) is 15.1. The number of hydrogen-bond acceptors (Lipinski definition) is 4. The molecule has 0 saturated heterocycles. The van der Waals surface area contributed by atoms with Gasteiger partial charge in [0.2, 0.25) is 0 Å². The molecule has 1 aliphatic rings. The van der Waals surface area contributed by atoms with Gasteiger partial charge in [-0.1, -0.05) is 147 Å². The number of nitrogens with zero attached hydrogens (tertiary/aromatic N) is 2. The molecule has 50 heavy (non-hydrogen) atoms. The molecule has 5 aromatic rings. The van der Waals surface area contributed by atoms with Crippen LogP contribution in [-0.2, 0) is 30.3 Å². The van der Waals surface area contributed by atoms with Crippen molar-refractivity contribution in [2.75, 3.05) is 0 Å². The Kier molecular flexibility index (Phi) is 12.0. The summed E-state index contributed by atoms with van der Waals surface area (Å²) in [6, 6.07) is 27.5. The summed E-state index contributed by atoms with van der Waals surface area (Å²) in [5.41, 5.74) is 7.39. The molecule has 0 amide bonds. The molecule has 0 unspecified atom stereocenters. The third-order valence-corrected chi connectivity index (χ3v) is 11.7. The van der Waals surface area contributed by atoms with Crippen LogP contribution in [-0.4, -0.2) is 20.9 Å². The molecule has 6 rings (SSSR count). The van der Waals surface area contributed by atoms with Gasteiger partial charge in [0.1, 0.15) is 12.1 Å². The van der Waals surface area contributed by atoms with Crippen molar-refractivity contribution in [3.63, 3.8) is 0 Å². The van der Waals surface area contributed by atoms with Crippen LogP contribution in [0.1, 0.15) is 118 Å². The smallest absolute Gasteiger partial charge is 0.164 e. The van der Waals surface area contributed by atoms with Gasteiger partial charge < -0.3 is 5.11 Å². The summed E-state index contributed by atoms with van der Waals surface area (Å²) in [6.07, 6.45) is 6.48. The summed E-state index contributed by atoms with van der Waals surface area (Å²) in [7, 11) is 0. The molecule has 1 aliphatic carbocycles. The van der Waals surface area contributed by atoms with Gasteiger partial charge >= 0.3 is 0 Å². The maximum Gasteiger partial charge on any atom is 0.164 e. The van der Waals surface area contributed by atoms with Crippen LogP contribution < -0.4 is 0 Å². The van der Waals surface area contributed by atoms with Crippen molar-refractivity contribution in [1.29, 1.82) is 0 Å². The molecule has 4 aromatic carbocycles. The first-order valence-corrected chi connectivity index (χ1v) is 18.0. The molecule has 1 radical (unpaired) electrons. The van der Waals surface area contributed by atoms with E-state index in [1.807, 2.05) is 41.5 Å². The van der Waals surface area contributed by atoms with Crippen molar-refractivity contribution in [2.24, 2.45) is 10.8 Å². The predicted molar refractivity (Wildman–Crippen MR) is 206 cm³/mol. The fourth-order valence-electron chi connectivity index (χ4n) is 7.15. The minimum atomic E-state index is -0.337. The first-order valence-electron chi connectivity index (χ1n) is 18.0. The average molecular weight is 846 g/mol. The molecule has 0 saturated carbocycles. The van der Waals surface area contributed by atoms with E-state index in [-0.39, 0.29) is 47.9 Å². The Morgan fingerprint density at radius 1 is 0.820 bits per heavy atom. The van der Waals surface area contributed by atoms with Crippen molar-refractivity contribution in [1.82, 2.24) is 9.97 Å². The van der Waals surface area contributed by atoms with Gasteiger partial charge in [0.25, 0.3) is 0 Å². The van der Waals surface area contributed by atoms with Crippen LogP contribution in [0.4, 0.5) is 0 Å². The maximum atomic E-state index is 12.2. The molecule has 4 nitrogen and oxygen atoms in total. The molecule has 265 valence electrons. The summed E-state index contributed by atoms with van der Waals surface area (Å²) in [6.45, 7) is 21.2. The quantitative estimate of drug-likeness (QED) is 0.0912. The Bertz CT molecular complexity index is 2030. The molecule has 0 atom stereocenters. The Balaban J connectivity index is 0.000000269. The van der Waals surface area contributed by atoms with Gasteiger partial charge in [0.05, 0.1) is 5.69 Å². The minimum Gasteiger partial charge on any atom is -0.512 e. The zero-order chi connectivity index (χ0) is 35.7. The van der Waals surface area contributed by atoms with Gasteiger partial charge in [-0.3, -0.25) is 9.78 Å². The second-order valence-corrected chi connectivity index (χ2v) is 15.0. The Hall–Kier alpha value is -3.66. The third-order valence-electron chi connectivity index (χ3n) is 11.7. The number of aliphatic hydroxyl groups is 1. The van der Waals surface area contributed by atoms with Gasteiger partial charge in [-0.15, -0.1) is 23.3 Å². The normalized spacial score (nSPS) is 13.8. The first kappa shape index (κ1) is 39.1. The maximum absolute atomic E-state index is 12.2. The van der Waals surface area contributed by atoms with E-state index >= 15 is 0 Å². The van der Waals surface area contributed by atoms with E-state index in [0.717, 1.165) is 42.6 Å². The van der Waals surface area contributed by atoms with E-state index in [1.54, 1.807) is 6.33 Å². The molecule has 0 bridgehead atoms. The number of rotatable bonds is 9. The van der Waals surface area contributed by atoms with Crippen molar-refractivity contribution >= 4 is 27.3 Å². The summed E-state index contributed by atoms with van der Waals surface area (Å²) in [5.74, 6) is 0.724. The van der Waals surface area contributed by atoms with E-state index < -0.39 is 0 Å². The van der Waals surface area contributed by atoms with Crippen LogP contribution in [0.2, 0.25) is 0 Å². The number of carbonyl (C=O) groups is 1. The molecule has 5 heteroatoms. The minimum absolute atomic E-state index is 0. The number of fused-ring (bicyclic) bond motifs is 6. The SMILES string of the molecule is CC(C)c1c[c-]c(-c2ncnc3c2C(C)(C)c2ccc4ccccc4c2-3)c2ccccc12.CCC(C)(CC)C(=O)/C=C(\O)C(C)(CC)CC.[Ir]. The summed E-state index contributed by atoms with van der Waals surface area (Å²) < 4.78 is 0. The Labute approximate surface area is 313 Å². The molecular weight excluding hydrogens is 793 g/mol. The van der Waals surface area contributed by atoms with Crippen LogP contribution in [0.25, 0.3) is 44.1 Å². The Morgan fingerprint density at radius 2 is 1.38 bits per heavy atom. The van der Waals surface area contributed by atoms with Crippen LogP contribution >= 0.6 is 0 Å². The van der Waals surface area contributed by atoms with Gasteiger partial charge in [0, 0.05) is 48.0 Å². The topological polar surface area (TPSA) is 63.1 Å². The number of aliphatic hydroxyl groups excluding tert-OH is 1. The Morgan fingerprint density at radius 3 is 1.98 bits per heavy atom. The number of allylic oxidation sites excluding steroid dienone is 2. The zero-order valence-electron chi connectivity index (χ0n) is 31.5. The third kappa shape index (κ3) is 6.84. The van der Waals surface area contributed by atoms with Crippen LogP contribution in [0, 0.1) is 16.9 Å². The number of carbonyl (C=O) groups excluding carboxylic acids is 1. The van der Waals surface area contributed by atoms with Gasteiger partial charge in [0.15, 0.2) is 5.78 Å². The van der Waals surface area contributed by atoms with Gasteiger partial charge in [-0.2, -0.15) is 0 Å². The number of aromatic nitrogens is 2. The van der Waals surface area contributed by atoms with E-state index in [9.17, 15) is 9.90 Å². The van der Waals surface area contributed by atoms with Crippen molar-refractivity contribution in [3.05, 3.63) is 108 Å². The van der Waals surface area contributed by atoms with Crippen LogP contribution in [0.15, 0.2) is 84.9 Å². The molecule has 0 fully saturated rings. The van der Waals surface area contributed by atoms with Gasteiger partial charge in [-0.25, -0.2) is 4.98 Å². The van der Waals surface area contributed by atoms with Crippen LogP contribution in [0.5, 0.6) is 0 Å². The second kappa shape index (κ2) is 15.3. The fraction of sp³-hybridized carbons (Fsp3) is 0.400. The zero-order valence-corrected chi connectivity index (χ0v) is 33.9. The van der Waals surface area contributed by atoms with Gasteiger partial charge in [-0.05, 0) is 53.3 Å². The van der Waals surface area contributed by atoms with Crippen molar-refractivity contribution < 1.29 is 30.0 Å². The largest absolute Gasteiger partial charge is 0.512 e. The summed E-state index contributed by atoms with van der Waals surface area (Å²) in [4.78, 5) is 21.9. The number of benzene rings is 4. The van der Waals surface area contributed by atoms with E-state index in [2.05, 4.69) is 100 Å².